The zero-order valence-corrected chi connectivity index (χ0v) is 14.1. The van der Waals surface area contributed by atoms with Crippen LogP contribution in [0.3, 0.4) is 0 Å². The Morgan fingerprint density at radius 2 is 2.04 bits per heavy atom. The van der Waals surface area contributed by atoms with Crippen LogP contribution in [0.1, 0.15) is 23.2 Å². The molecule has 0 unspecified atom stereocenters. The molecule has 4 rings (SSSR count). The molecule has 2 aliphatic carbocycles. The highest BCUT2D eigenvalue weighted by Gasteiger charge is 2.38. The Morgan fingerprint density at radius 1 is 1.22 bits per heavy atom. The van der Waals surface area contributed by atoms with Crippen molar-refractivity contribution in [3.63, 3.8) is 0 Å². The van der Waals surface area contributed by atoms with Crippen molar-refractivity contribution < 1.29 is 9.69 Å². The summed E-state index contributed by atoms with van der Waals surface area (Å²) in [5.74, 6) is 2.68. The van der Waals surface area contributed by atoms with Crippen LogP contribution in [0.15, 0.2) is 36.4 Å². The molecule has 1 N–H and O–H groups in total. The van der Waals surface area contributed by atoms with Crippen LogP contribution in [0.25, 0.3) is 0 Å². The summed E-state index contributed by atoms with van der Waals surface area (Å²) >= 11 is 6.00. The molecule has 0 spiro atoms. The molecule has 1 aromatic carbocycles. The fourth-order valence-corrected chi connectivity index (χ4v) is 4.72. The molecule has 1 amide bonds. The molecule has 3 atom stereocenters. The van der Waals surface area contributed by atoms with E-state index in [0.29, 0.717) is 10.6 Å². The van der Waals surface area contributed by atoms with Gasteiger partial charge in [0.25, 0.3) is 5.91 Å². The number of rotatable bonds is 3. The number of nitrogens with zero attached hydrogens (tertiary/aromatic N) is 1. The van der Waals surface area contributed by atoms with Crippen LogP contribution in [0.5, 0.6) is 0 Å². The van der Waals surface area contributed by atoms with E-state index in [-0.39, 0.29) is 5.91 Å². The molecule has 23 heavy (non-hydrogen) atoms. The van der Waals surface area contributed by atoms with Gasteiger partial charge in [0.15, 0.2) is 0 Å². The van der Waals surface area contributed by atoms with Gasteiger partial charge in [-0.25, -0.2) is 0 Å². The predicted molar refractivity (Wildman–Crippen MR) is 91.8 cm³/mol. The molecule has 1 heterocycles. The second kappa shape index (κ2) is 6.29. The van der Waals surface area contributed by atoms with E-state index in [1.807, 2.05) is 23.1 Å². The van der Waals surface area contributed by atoms with Gasteiger partial charge in [0.2, 0.25) is 0 Å². The van der Waals surface area contributed by atoms with Crippen LogP contribution in [-0.4, -0.2) is 43.5 Å². The molecular formula is C19H24ClN2O+. The van der Waals surface area contributed by atoms with E-state index in [1.165, 1.54) is 19.4 Å². The number of hydrogen-bond acceptors (Lipinski definition) is 1. The van der Waals surface area contributed by atoms with Crippen LogP contribution in [0, 0.1) is 17.8 Å². The highest BCUT2D eigenvalue weighted by atomic mass is 35.5. The Labute approximate surface area is 142 Å². The lowest BCUT2D eigenvalue weighted by Gasteiger charge is -2.34. The van der Waals surface area contributed by atoms with Crippen molar-refractivity contribution >= 4 is 17.5 Å². The average Bonchev–Trinajstić information content (AvgIpc) is 3.18. The van der Waals surface area contributed by atoms with Gasteiger partial charge in [0, 0.05) is 16.5 Å². The maximum Gasteiger partial charge on any atom is 0.254 e. The maximum absolute atomic E-state index is 12.6. The second-order valence-corrected chi connectivity index (χ2v) is 7.73. The number of benzene rings is 1. The minimum atomic E-state index is 0.120. The third-order valence-corrected chi connectivity index (χ3v) is 6.03. The van der Waals surface area contributed by atoms with E-state index in [1.54, 1.807) is 11.0 Å². The summed E-state index contributed by atoms with van der Waals surface area (Å²) < 4.78 is 0. The molecule has 0 aromatic heterocycles. The lowest BCUT2D eigenvalue weighted by atomic mass is 9.93. The van der Waals surface area contributed by atoms with E-state index >= 15 is 0 Å². The number of halogens is 1. The van der Waals surface area contributed by atoms with Gasteiger partial charge in [-0.15, -0.1) is 0 Å². The topological polar surface area (TPSA) is 24.8 Å². The molecule has 4 heteroatoms. The van der Waals surface area contributed by atoms with E-state index < -0.39 is 0 Å². The molecule has 122 valence electrons. The number of carbonyl (C=O) groups excluding carboxylic acids is 1. The number of amides is 1. The quantitative estimate of drug-likeness (QED) is 0.841. The number of carbonyl (C=O) groups is 1. The molecule has 1 saturated heterocycles. The van der Waals surface area contributed by atoms with Crippen molar-refractivity contribution in [2.24, 2.45) is 17.8 Å². The van der Waals surface area contributed by atoms with Crippen molar-refractivity contribution in [2.45, 2.75) is 12.8 Å². The van der Waals surface area contributed by atoms with Crippen molar-refractivity contribution in [2.75, 3.05) is 32.7 Å². The van der Waals surface area contributed by atoms with E-state index in [2.05, 4.69) is 12.2 Å². The second-order valence-electron chi connectivity index (χ2n) is 7.30. The molecule has 3 nitrogen and oxygen atoms in total. The summed E-state index contributed by atoms with van der Waals surface area (Å²) in [5.41, 5.74) is 0.708. The Morgan fingerprint density at radius 3 is 2.70 bits per heavy atom. The predicted octanol–water partition coefficient (Wildman–Crippen LogP) is 1.89. The number of fused-ring (bicyclic) bond motifs is 2. The minimum absolute atomic E-state index is 0.120. The Bertz CT molecular complexity index is 622. The Hall–Kier alpha value is -1.32. The van der Waals surface area contributed by atoms with Gasteiger partial charge < -0.3 is 9.80 Å². The maximum atomic E-state index is 12.6. The third-order valence-electron chi connectivity index (χ3n) is 5.80. The Balaban J connectivity index is 1.30. The van der Waals surface area contributed by atoms with Crippen molar-refractivity contribution in [3.8, 4) is 0 Å². The van der Waals surface area contributed by atoms with Crippen molar-refractivity contribution in [1.82, 2.24) is 4.90 Å². The van der Waals surface area contributed by atoms with E-state index in [9.17, 15) is 4.79 Å². The monoisotopic (exact) mass is 331 g/mol. The average molecular weight is 332 g/mol. The van der Waals surface area contributed by atoms with Gasteiger partial charge in [-0.2, -0.15) is 0 Å². The highest BCUT2D eigenvalue weighted by Crippen LogP contribution is 2.42. The van der Waals surface area contributed by atoms with Gasteiger partial charge in [-0.3, -0.25) is 4.79 Å². The first-order valence-electron chi connectivity index (χ1n) is 8.76. The molecule has 0 radical (unpaired) electrons. The third kappa shape index (κ3) is 3.17. The van der Waals surface area contributed by atoms with E-state index in [0.717, 1.165) is 43.9 Å². The highest BCUT2D eigenvalue weighted by molar-refractivity contribution is 6.30. The SMILES string of the molecule is O=C(c1cccc(Cl)c1)N1CC[NH+](C[C@H]2C[C@@H]3C=C[C@H]2C3)CC1. The fourth-order valence-electron chi connectivity index (χ4n) is 4.53. The van der Waals surface area contributed by atoms with Crippen LogP contribution in [0.2, 0.25) is 5.02 Å². The molecule has 1 saturated carbocycles. The van der Waals surface area contributed by atoms with Gasteiger partial charge >= 0.3 is 0 Å². The fraction of sp³-hybridized carbons (Fsp3) is 0.526. The summed E-state index contributed by atoms with van der Waals surface area (Å²) in [5, 5.41) is 0.629. The summed E-state index contributed by atoms with van der Waals surface area (Å²) in [4.78, 5) is 16.2. The summed E-state index contributed by atoms with van der Waals surface area (Å²) in [7, 11) is 0. The number of allylic oxidation sites excluding steroid dienone is 2. The van der Waals surface area contributed by atoms with Crippen LogP contribution in [0.4, 0.5) is 0 Å². The number of quaternary nitrogens is 1. The molecule has 1 aromatic rings. The summed E-state index contributed by atoms with van der Waals surface area (Å²) in [6.45, 7) is 5.15. The summed E-state index contributed by atoms with van der Waals surface area (Å²) in [6, 6.07) is 7.28. The smallest absolute Gasteiger partial charge is 0.254 e. The van der Waals surface area contributed by atoms with Crippen molar-refractivity contribution in [3.05, 3.63) is 47.0 Å². The van der Waals surface area contributed by atoms with Crippen LogP contribution < -0.4 is 4.90 Å². The lowest BCUT2D eigenvalue weighted by molar-refractivity contribution is -0.907. The zero-order chi connectivity index (χ0) is 15.8. The normalized spacial score (nSPS) is 30.1. The zero-order valence-electron chi connectivity index (χ0n) is 13.4. The minimum Gasteiger partial charge on any atom is -0.332 e. The Kier molecular flexibility index (Phi) is 4.16. The first-order valence-corrected chi connectivity index (χ1v) is 9.13. The van der Waals surface area contributed by atoms with Gasteiger partial charge in [-0.05, 0) is 42.9 Å². The van der Waals surface area contributed by atoms with Crippen LogP contribution >= 0.6 is 11.6 Å². The number of hydrogen-bond donors (Lipinski definition) is 1. The number of nitrogens with one attached hydrogen (secondary N) is 1. The molecule has 2 fully saturated rings. The van der Waals surface area contributed by atoms with Gasteiger partial charge in [0.05, 0.1) is 32.7 Å². The van der Waals surface area contributed by atoms with Gasteiger partial charge in [-0.1, -0.05) is 29.8 Å². The molecule has 2 bridgehead atoms. The largest absolute Gasteiger partial charge is 0.332 e. The van der Waals surface area contributed by atoms with Crippen LogP contribution in [-0.2, 0) is 0 Å². The first kappa shape index (κ1) is 15.2. The van der Waals surface area contributed by atoms with E-state index in [4.69, 9.17) is 11.6 Å². The summed E-state index contributed by atoms with van der Waals surface area (Å²) in [6.07, 6.45) is 7.63. The number of piperazine rings is 1. The van der Waals surface area contributed by atoms with Crippen molar-refractivity contribution in [1.29, 1.82) is 0 Å². The standard InChI is InChI=1S/C19H23ClN2O/c20-18-3-1-2-16(12-18)19(23)22-8-6-21(7-9-22)13-17-11-14-4-5-15(17)10-14/h1-5,12,14-15,17H,6-11,13H2/p+1/t14-,15+,17-/m1/s1. The van der Waals surface area contributed by atoms with Gasteiger partial charge in [0.1, 0.15) is 0 Å². The molecule has 3 aliphatic rings. The first-order chi connectivity index (χ1) is 11.2. The molecule has 1 aliphatic heterocycles. The lowest BCUT2D eigenvalue weighted by Crippen LogP contribution is -3.15. The molecular weight excluding hydrogens is 308 g/mol.